The summed E-state index contributed by atoms with van der Waals surface area (Å²) >= 11 is 0. The summed E-state index contributed by atoms with van der Waals surface area (Å²) in [6.07, 6.45) is 0. The molecule has 4 heteroatoms. The normalized spacial score (nSPS) is 11.1. The van der Waals surface area contributed by atoms with Gasteiger partial charge in [-0.3, -0.25) is 14.6 Å². The van der Waals surface area contributed by atoms with Gasteiger partial charge in [0.1, 0.15) is 6.54 Å². The van der Waals surface area contributed by atoms with Crippen LogP contribution in [0.2, 0.25) is 0 Å². The number of hydrogen-bond donors (Lipinski definition) is 0. The van der Waals surface area contributed by atoms with Gasteiger partial charge >= 0.3 is 5.97 Å². The number of benzene rings is 1. The van der Waals surface area contributed by atoms with Crippen molar-refractivity contribution in [3.63, 3.8) is 0 Å². The number of carbonyl (C=O) groups excluding carboxylic acids is 2. The van der Waals surface area contributed by atoms with Crippen molar-refractivity contribution in [1.29, 1.82) is 0 Å². The summed E-state index contributed by atoms with van der Waals surface area (Å²) in [6.45, 7) is 3.52. The standard InChI is InChI=1S/C13H15NO3/c1-3-17-12(15)9-14-10(2)13(16)11-7-5-4-6-8-11/h4-8H,3,9H2,1-2H3. The third-order valence-electron chi connectivity index (χ3n) is 2.12. The van der Waals surface area contributed by atoms with Gasteiger partial charge in [-0.25, -0.2) is 0 Å². The van der Waals surface area contributed by atoms with Crippen LogP contribution >= 0.6 is 0 Å². The van der Waals surface area contributed by atoms with Crippen molar-refractivity contribution in [3.8, 4) is 0 Å². The van der Waals surface area contributed by atoms with E-state index in [2.05, 4.69) is 4.99 Å². The predicted molar refractivity (Wildman–Crippen MR) is 65.4 cm³/mol. The number of ketones is 1. The molecule has 17 heavy (non-hydrogen) atoms. The van der Waals surface area contributed by atoms with Crippen LogP contribution < -0.4 is 0 Å². The number of Topliss-reactive ketones (excluding diaryl/α,β-unsaturated/α-hetero) is 1. The van der Waals surface area contributed by atoms with Gasteiger partial charge in [-0.2, -0.15) is 0 Å². The molecule has 0 bridgehead atoms. The molecule has 0 saturated carbocycles. The summed E-state index contributed by atoms with van der Waals surface area (Å²) in [6, 6.07) is 8.83. The van der Waals surface area contributed by atoms with Gasteiger partial charge in [0.25, 0.3) is 0 Å². The SMILES string of the molecule is CCOC(=O)CN=C(C)C(=O)c1ccccc1. The average molecular weight is 233 g/mol. The summed E-state index contributed by atoms with van der Waals surface area (Å²) in [5.74, 6) is -0.595. The molecule has 0 fully saturated rings. The highest BCUT2D eigenvalue weighted by atomic mass is 16.5. The number of hydrogen-bond acceptors (Lipinski definition) is 4. The predicted octanol–water partition coefficient (Wildman–Crippen LogP) is 1.89. The zero-order valence-corrected chi connectivity index (χ0v) is 9.97. The van der Waals surface area contributed by atoms with Gasteiger partial charge in [-0.1, -0.05) is 30.3 Å². The van der Waals surface area contributed by atoms with Crippen molar-refractivity contribution in [2.24, 2.45) is 4.99 Å². The van der Waals surface area contributed by atoms with Gasteiger partial charge in [0.2, 0.25) is 5.78 Å². The fourth-order valence-electron chi connectivity index (χ4n) is 1.26. The quantitative estimate of drug-likeness (QED) is 0.443. The number of aliphatic imine (C=N–C) groups is 1. The number of nitrogens with zero attached hydrogens (tertiary/aromatic N) is 1. The maximum Gasteiger partial charge on any atom is 0.327 e. The summed E-state index contributed by atoms with van der Waals surface area (Å²) in [5, 5.41) is 0. The molecule has 0 spiro atoms. The Kier molecular flexibility index (Phi) is 5.07. The van der Waals surface area contributed by atoms with Crippen molar-refractivity contribution >= 4 is 17.5 Å². The molecule has 0 aliphatic rings. The Morgan fingerprint density at radius 1 is 1.24 bits per heavy atom. The van der Waals surface area contributed by atoms with Gasteiger partial charge in [-0.15, -0.1) is 0 Å². The zero-order chi connectivity index (χ0) is 12.7. The van der Waals surface area contributed by atoms with Gasteiger partial charge < -0.3 is 4.74 Å². The number of carbonyl (C=O) groups is 2. The lowest BCUT2D eigenvalue weighted by Gasteiger charge is -2.01. The lowest BCUT2D eigenvalue weighted by Crippen LogP contribution is -2.14. The van der Waals surface area contributed by atoms with Crippen LogP contribution in [0.1, 0.15) is 24.2 Å². The maximum atomic E-state index is 11.8. The smallest absolute Gasteiger partial charge is 0.327 e. The van der Waals surface area contributed by atoms with E-state index in [4.69, 9.17) is 4.74 Å². The van der Waals surface area contributed by atoms with Gasteiger partial charge in [0.15, 0.2) is 0 Å². The highest BCUT2D eigenvalue weighted by molar-refractivity contribution is 6.45. The Bertz CT molecular complexity index is 424. The second-order valence-corrected chi connectivity index (χ2v) is 3.40. The molecule has 1 aromatic carbocycles. The van der Waals surface area contributed by atoms with Crippen LogP contribution in [0.5, 0.6) is 0 Å². The second kappa shape index (κ2) is 6.58. The molecule has 0 aliphatic heterocycles. The molecule has 0 unspecified atom stereocenters. The second-order valence-electron chi connectivity index (χ2n) is 3.40. The molecule has 0 amide bonds. The van der Waals surface area contributed by atoms with Crippen molar-refractivity contribution in [1.82, 2.24) is 0 Å². The van der Waals surface area contributed by atoms with Crippen LogP contribution in [0.25, 0.3) is 0 Å². The summed E-state index contributed by atoms with van der Waals surface area (Å²) in [7, 11) is 0. The Morgan fingerprint density at radius 3 is 2.47 bits per heavy atom. The third kappa shape index (κ3) is 4.18. The lowest BCUT2D eigenvalue weighted by atomic mass is 10.1. The topological polar surface area (TPSA) is 55.7 Å². The van der Waals surface area contributed by atoms with Crippen molar-refractivity contribution in [2.75, 3.05) is 13.2 Å². The van der Waals surface area contributed by atoms with E-state index in [1.54, 1.807) is 38.1 Å². The Morgan fingerprint density at radius 2 is 1.88 bits per heavy atom. The van der Waals surface area contributed by atoms with Crippen molar-refractivity contribution in [2.45, 2.75) is 13.8 Å². The highest BCUT2D eigenvalue weighted by Gasteiger charge is 2.09. The largest absolute Gasteiger partial charge is 0.465 e. The first-order chi connectivity index (χ1) is 8.15. The minimum Gasteiger partial charge on any atom is -0.465 e. The van der Waals surface area contributed by atoms with E-state index in [1.165, 1.54) is 0 Å². The summed E-state index contributed by atoms with van der Waals surface area (Å²) < 4.78 is 4.72. The van der Waals surface area contributed by atoms with Crippen LogP contribution in [0.15, 0.2) is 35.3 Å². The lowest BCUT2D eigenvalue weighted by molar-refractivity contribution is -0.141. The molecule has 90 valence electrons. The van der Waals surface area contributed by atoms with Gasteiger partial charge in [-0.05, 0) is 13.8 Å². The first-order valence-electron chi connectivity index (χ1n) is 5.41. The van der Waals surface area contributed by atoms with E-state index < -0.39 is 5.97 Å². The maximum absolute atomic E-state index is 11.8. The fraction of sp³-hybridized carbons (Fsp3) is 0.308. The van der Waals surface area contributed by atoms with Crippen LogP contribution in [0.4, 0.5) is 0 Å². The van der Waals surface area contributed by atoms with Crippen LogP contribution in [0, 0.1) is 0 Å². The van der Waals surface area contributed by atoms with Gasteiger partial charge in [0.05, 0.1) is 12.3 Å². The number of rotatable bonds is 5. The van der Waals surface area contributed by atoms with Crippen LogP contribution in [-0.4, -0.2) is 30.6 Å². The molecule has 0 aromatic heterocycles. The minimum absolute atomic E-state index is 0.113. The molecule has 0 N–H and O–H groups in total. The van der Waals surface area contributed by atoms with Crippen LogP contribution in [-0.2, 0) is 9.53 Å². The Balaban J connectivity index is 2.64. The summed E-state index contributed by atoms with van der Waals surface area (Å²) in [4.78, 5) is 26.8. The first-order valence-corrected chi connectivity index (χ1v) is 5.41. The van der Waals surface area contributed by atoms with E-state index >= 15 is 0 Å². The van der Waals surface area contributed by atoms with E-state index in [0.29, 0.717) is 17.9 Å². The molecule has 0 aliphatic carbocycles. The highest BCUT2D eigenvalue weighted by Crippen LogP contribution is 2.01. The first kappa shape index (κ1) is 13.1. The fourth-order valence-corrected chi connectivity index (χ4v) is 1.26. The molecule has 0 heterocycles. The molecule has 0 saturated heterocycles. The molecule has 0 radical (unpaired) electrons. The molecule has 1 rings (SSSR count). The van der Waals surface area contributed by atoms with Crippen molar-refractivity contribution < 1.29 is 14.3 Å². The van der Waals surface area contributed by atoms with E-state index in [1.807, 2.05) is 6.07 Å². The van der Waals surface area contributed by atoms with Crippen molar-refractivity contribution in [3.05, 3.63) is 35.9 Å². The monoisotopic (exact) mass is 233 g/mol. The molecule has 4 nitrogen and oxygen atoms in total. The van der Waals surface area contributed by atoms with Crippen LogP contribution in [0.3, 0.4) is 0 Å². The van der Waals surface area contributed by atoms with Gasteiger partial charge in [0, 0.05) is 5.56 Å². The Labute approximate surface area is 100 Å². The van der Waals surface area contributed by atoms with E-state index in [-0.39, 0.29) is 12.3 Å². The summed E-state index contributed by atoms with van der Waals surface area (Å²) in [5.41, 5.74) is 0.877. The molecular weight excluding hydrogens is 218 g/mol. The van der Waals surface area contributed by atoms with E-state index in [9.17, 15) is 9.59 Å². The zero-order valence-electron chi connectivity index (χ0n) is 9.97. The Hall–Kier alpha value is -1.97. The molecule has 0 atom stereocenters. The number of esters is 1. The average Bonchev–Trinajstić information content (AvgIpc) is 2.36. The molecule has 1 aromatic rings. The van der Waals surface area contributed by atoms with E-state index in [0.717, 1.165) is 0 Å². The number of ether oxygens (including phenoxy) is 1. The molecular formula is C13H15NO3. The minimum atomic E-state index is -0.423. The third-order valence-corrected chi connectivity index (χ3v) is 2.12.